The molecule has 24 heavy (non-hydrogen) atoms. The molecule has 0 saturated carbocycles. The van der Waals surface area contributed by atoms with Crippen molar-refractivity contribution in [3.05, 3.63) is 65.2 Å². The summed E-state index contributed by atoms with van der Waals surface area (Å²) >= 11 is 0. The molecule has 0 saturated heterocycles. The Labute approximate surface area is 142 Å². The number of fused-ring (bicyclic) bond motifs is 1. The van der Waals surface area contributed by atoms with Gasteiger partial charge in [0.2, 0.25) is 0 Å². The predicted molar refractivity (Wildman–Crippen MR) is 91.5 cm³/mol. The fourth-order valence-electron chi connectivity index (χ4n) is 3.14. The van der Waals surface area contributed by atoms with Crippen molar-refractivity contribution in [1.29, 1.82) is 5.26 Å². The molecule has 0 N–H and O–H groups in total. The molecule has 0 spiro atoms. The second-order valence-corrected chi connectivity index (χ2v) is 5.95. The second-order valence-electron chi connectivity index (χ2n) is 5.95. The Kier molecular flexibility index (Phi) is 4.52. The number of carbonyl (C=O) groups is 1. The third-order valence-corrected chi connectivity index (χ3v) is 4.54. The van der Waals surface area contributed by atoms with Gasteiger partial charge in [0, 0.05) is 13.0 Å². The lowest BCUT2D eigenvalue weighted by Crippen LogP contribution is -2.42. The van der Waals surface area contributed by atoms with Crippen molar-refractivity contribution in [2.45, 2.75) is 32.4 Å². The van der Waals surface area contributed by atoms with Crippen LogP contribution in [0.4, 0.5) is 0 Å². The first-order chi connectivity index (χ1) is 11.6. The minimum absolute atomic E-state index is 0.00515. The van der Waals surface area contributed by atoms with Crippen LogP contribution in [0.25, 0.3) is 0 Å². The molecule has 0 bridgehead atoms. The molecule has 2 aromatic carbocycles. The maximum atomic E-state index is 12.9. The highest BCUT2D eigenvalue weighted by Crippen LogP contribution is 2.30. The number of ether oxygens (including phenoxy) is 1. The first-order valence-corrected chi connectivity index (χ1v) is 8.19. The summed E-state index contributed by atoms with van der Waals surface area (Å²) in [6.07, 6.45) is 0.161. The highest BCUT2D eigenvalue weighted by molar-refractivity contribution is 5.83. The van der Waals surface area contributed by atoms with E-state index in [-0.39, 0.29) is 11.9 Å². The molecule has 0 radical (unpaired) electrons. The van der Waals surface area contributed by atoms with Crippen molar-refractivity contribution < 1.29 is 9.53 Å². The van der Waals surface area contributed by atoms with Crippen molar-refractivity contribution in [2.75, 3.05) is 6.54 Å². The van der Waals surface area contributed by atoms with Gasteiger partial charge in [0.25, 0.3) is 5.91 Å². The Morgan fingerprint density at radius 2 is 2.00 bits per heavy atom. The average molecular weight is 320 g/mol. The Hall–Kier alpha value is -2.80. The minimum Gasteiger partial charge on any atom is -0.480 e. The van der Waals surface area contributed by atoms with Crippen LogP contribution < -0.4 is 4.74 Å². The fraction of sp³-hybridized carbons (Fsp3) is 0.300. The quantitative estimate of drug-likeness (QED) is 0.867. The van der Waals surface area contributed by atoms with Crippen LogP contribution in [-0.4, -0.2) is 23.5 Å². The Balaban J connectivity index is 1.76. The standard InChI is InChI=1S/C20H20N2O2/c1-3-22(14(2)16-10-8-15(13-21)9-11-16)20(23)19-12-17-6-4-5-7-18(17)24-19/h4-11,14,19H,3,12H2,1-2H3. The second kappa shape index (κ2) is 6.76. The van der Waals surface area contributed by atoms with Gasteiger partial charge < -0.3 is 9.64 Å². The molecule has 0 fully saturated rings. The van der Waals surface area contributed by atoms with Crippen LogP contribution in [0.2, 0.25) is 0 Å². The molecular weight excluding hydrogens is 300 g/mol. The maximum Gasteiger partial charge on any atom is 0.264 e. The van der Waals surface area contributed by atoms with Crippen molar-refractivity contribution >= 4 is 5.91 Å². The lowest BCUT2D eigenvalue weighted by atomic mass is 10.0. The number of rotatable bonds is 4. The molecule has 122 valence electrons. The molecule has 0 aliphatic carbocycles. The number of likely N-dealkylation sites (N-methyl/N-ethyl adjacent to an activating group) is 1. The Bertz CT molecular complexity index is 752. The van der Waals surface area contributed by atoms with E-state index >= 15 is 0 Å². The summed E-state index contributed by atoms with van der Waals surface area (Å²) in [5.41, 5.74) is 2.72. The van der Waals surface area contributed by atoms with E-state index in [9.17, 15) is 4.79 Å². The van der Waals surface area contributed by atoms with E-state index < -0.39 is 6.10 Å². The number of amides is 1. The zero-order chi connectivity index (χ0) is 17.1. The van der Waals surface area contributed by atoms with Crippen molar-refractivity contribution in [3.8, 4) is 11.8 Å². The van der Waals surface area contributed by atoms with Crippen LogP contribution in [0.1, 0.15) is 36.6 Å². The van der Waals surface area contributed by atoms with Gasteiger partial charge in [-0.05, 0) is 43.2 Å². The molecule has 2 atom stereocenters. The summed E-state index contributed by atoms with van der Waals surface area (Å²) in [6, 6.07) is 17.2. The maximum absolute atomic E-state index is 12.9. The van der Waals surface area contributed by atoms with Crippen molar-refractivity contribution in [2.24, 2.45) is 0 Å². The van der Waals surface area contributed by atoms with Crippen LogP contribution >= 0.6 is 0 Å². The van der Waals surface area contributed by atoms with E-state index in [4.69, 9.17) is 10.00 Å². The lowest BCUT2D eigenvalue weighted by molar-refractivity contribution is -0.140. The number of hydrogen-bond acceptors (Lipinski definition) is 3. The lowest BCUT2D eigenvalue weighted by Gasteiger charge is -2.30. The van der Waals surface area contributed by atoms with Crippen LogP contribution in [0.15, 0.2) is 48.5 Å². The van der Waals surface area contributed by atoms with Gasteiger partial charge in [0.1, 0.15) is 5.75 Å². The average Bonchev–Trinajstić information content (AvgIpc) is 3.06. The van der Waals surface area contributed by atoms with Gasteiger partial charge >= 0.3 is 0 Å². The van der Waals surface area contributed by atoms with Crippen LogP contribution in [0.3, 0.4) is 0 Å². The summed E-state index contributed by atoms with van der Waals surface area (Å²) in [6.45, 7) is 4.58. The number of nitriles is 1. The van der Waals surface area contributed by atoms with E-state index in [1.807, 2.05) is 55.1 Å². The van der Waals surface area contributed by atoms with E-state index in [1.165, 1.54) is 0 Å². The summed E-state index contributed by atoms with van der Waals surface area (Å²) in [5, 5.41) is 8.91. The smallest absolute Gasteiger partial charge is 0.264 e. The van der Waals surface area contributed by atoms with Crippen LogP contribution in [0.5, 0.6) is 5.75 Å². The number of hydrogen-bond donors (Lipinski definition) is 0. The van der Waals surface area contributed by atoms with Gasteiger partial charge in [-0.2, -0.15) is 5.26 Å². The first kappa shape index (κ1) is 16.1. The van der Waals surface area contributed by atoms with Crippen molar-refractivity contribution in [1.82, 2.24) is 4.90 Å². The number of carbonyl (C=O) groups excluding carboxylic acids is 1. The predicted octanol–water partition coefficient (Wildman–Crippen LogP) is 3.47. The van der Waals surface area contributed by atoms with Crippen LogP contribution in [-0.2, 0) is 11.2 Å². The minimum atomic E-state index is -0.455. The number of nitrogens with zero attached hydrogens (tertiary/aromatic N) is 2. The van der Waals surface area contributed by atoms with Gasteiger partial charge in [-0.25, -0.2) is 0 Å². The summed E-state index contributed by atoms with van der Waals surface area (Å²) in [5.74, 6) is 0.809. The Morgan fingerprint density at radius 3 is 2.62 bits per heavy atom. The molecule has 4 heteroatoms. The van der Waals surface area contributed by atoms with E-state index in [0.29, 0.717) is 18.5 Å². The molecular formula is C20H20N2O2. The zero-order valence-electron chi connectivity index (χ0n) is 13.9. The normalized spacial score (nSPS) is 16.6. The third kappa shape index (κ3) is 2.98. The molecule has 1 heterocycles. The van der Waals surface area contributed by atoms with E-state index in [0.717, 1.165) is 16.9 Å². The molecule has 4 nitrogen and oxygen atoms in total. The van der Waals surface area contributed by atoms with Gasteiger partial charge in [-0.3, -0.25) is 4.79 Å². The molecule has 3 rings (SSSR count). The highest BCUT2D eigenvalue weighted by Gasteiger charge is 2.33. The van der Waals surface area contributed by atoms with Gasteiger partial charge in [0.05, 0.1) is 17.7 Å². The SMILES string of the molecule is CCN(C(=O)C1Cc2ccccc2O1)C(C)c1ccc(C#N)cc1. The highest BCUT2D eigenvalue weighted by atomic mass is 16.5. The fourth-order valence-corrected chi connectivity index (χ4v) is 3.14. The molecule has 1 amide bonds. The summed E-state index contributed by atoms with van der Waals surface area (Å²) < 4.78 is 5.84. The van der Waals surface area contributed by atoms with Gasteiger partial charge in [-0.1, -0.05) is 30.3 Å². The summed E-state index contributed by atoms with van der Waals surface area (Å²) in [7, 11) is 0. The molecule has 1 aliphatic rings. The third-order valence-electron chi connectivity index (χ3n) is 4.54. The number of benzene rings is 2. The molecule has 2 aromatic rings. The largest absolute Gasteiger partial charge is 0.480 e. The van der Waals surface area contributed by atoms with Crippen LogP contribution in [0, 0.1) is 11.3 Å². The van der Waals surface area contributed by atoms with Gasteiger partial charge in [0.15, 0.2) is 6.10 Å². The monoisotopic (exact) mass is 320 g/mol. The van der Waals surface area contributed by atoms with Crippen molar-refractivity contribution in [3.63, 3.8) is 0 Å². The van der Waals surface area contributed by atoms with E-state index in [2.05, 4.69) is 6.07 Å². The number of para-hydroxylation sites is 1. The molecule has 0 aromatic heterocycles. The van der Waals surface area contributed by atoms with E-state index in [1.54, 1.807) is 12.1 Å². The summed E-state index contributed by atoms with van der Waals surface area (Å²) in [4.78, 5) is 14.8. The zero-order valence-corrected chi connectivity index (χ0v) is 13.9. The topological polar surface area (TPSA) is 53.3 Å². The van der Waals surface area contributed by atoms with Gasteiger partial charge in [-0.15, -0.1) is 0 Å². The Morgan fingerprint density at radius 1 is 1.29 bits per heavy atom. The molecule has 2 unspecified atom stereocenters. The molecule has 1 aliphatic heterocycles. The first-order valence-electron chi connectivity index (χ1n) is 8.19.